The topological polar surface area (TPSA) is 71.3 Å². The molecule has 5 heteroatoms. The van der Waals surface area contributed by atoms with Gasteiger partial charge in [-0.3, -0.25) is 9.59 Å². The molecule has 1 heterocycles. The third kappa shape index (κ3) is 4.71. The summed E-state index contributed by atoms with van der Waals surface area (Å²) >= 11 is 0. The largest absolute Gasteiger partial charge is 0.467 e. The van der Waals surface area contributed by atoms with Gasteiger partial charge in [-0.05, 0) is 31.0 Å². The van der Waals surface area contributed by atoms with E-state index in [1.165, 1.54) is 0 Å². The molecule has 0 aliphatic rings. The van der Waals surface area contributed by atoms with Crippen LogP contribution in [0.4, 0.5) is 0 Å². The summed E-state index contributed by atoms with van der Waals surface area (Å²) in [5.74, 6) is 0.0427. The van der Waals surface area contributed by atoms with E-state index in [4.69, 9.17) is 4.42 Å². The number of amides is 2. The van der Waals surface area contributed by atoms with Crippen molar-refractivity contribution in [2.75, 3.05) is 0 Å². The minimum absolute atomic E-state index is 0.139. The Morgan fingerprint density at radius 1 is 1.09 bits per heavy atom. The second-order valence-corrected chi connectivity index (χ2v) is 5.40. The van der Waals surface area contributed by atoms with Crippen LogP contribution >= 0.6 is 0 Å². The van der Waals surface area contributed by atoms with Crippen LogP contribution in [0.5, 0.6) is 0 Å². The molecule has 5 nitrogen and oxygen atoms in total. The molecule has 0 aliphatic heterocycles. The first-order chi connectivity index (χ1) is 11.1. The summed E-state index contributed by atoms with van der Waals surface area (Å²) in [4.78, 5) is 24.5. The summed E-state index contributed by atoms with van der Waals surface area (Å²) in [5.41, 5.74) is 0.954. The molecule has 122 valence electrons. The van der Waals surface area contributed by atoms with E-state index >= 15 is 0 Å². The molecule has 0 spiro atoms. The van der Waals surface area contributed by atoms with Crippen molar-refractivity contribution in [2.45, 2.75) is 38.8 Å². The van der Waals surface area contributed by atoms with Gasteiger partial charge in [-0.1, -0.05) is 37.3 Å². The number of carbonyl (C=O) groups is 2. The summed E-state index contributed by atoms with van der Waals surface area (Å²) in [6.45, 7) is 3.94. The molecule has 0 unspecified atom stereocenters. The number of nitrogens with one attached hydrogen (secondary N) is 2. The van der Waals surface area contributed by atoms with E-state index in [0.29, 0.717) is 18.7 Å². The molecule has 0 aliphatic carbocycles. The van der Waals surface area contributed by atoms with E-state index in [1.54, 1.807) is 25.3 Å². The smallest absolute Gasteiger partial charge is 0.242 e. The molecule has 2 N–H and O–H groups in total. The first-order valence-corrected chi connectivity index (χ1v) is 7.77. The van der Waals surface area contributed by atoms with Crippen molar-refractivity contribution in [3.05, 3.63) is 60.1 Å². The zero-order valence-corrected chi connectivity index (χ0v) is 13.4. The predicted molar refractivity (Wildman–Crippen MR) is 87.6 cm³/mol. The standard InChI is InChI=1S/C18H22N2O3/c1-3-16(14-8-5-4-6-9-14)18(22)20-13(2)17(21)19-12-15-10-7-11-23-15/h4-11,13,16H,3,12H2,1-2H3,(H,19,21)(H,20,22)/t13-,16-/m0/s1. The van der Waals surface area contributed by atoms with Crippen molar-refractivity contribution in [3.8, 4) is 0 Å². The van der Waals surface area contributed by atoms with Gasteiger partial charge in [0.25, 0.3) is 0 Å². The Labute approximate surface area is 136 Å². The normalized spacial score (nSPS) is 13.1. The van der Waals surface area contributed by atoms with Gasteiger partial charge in [-0.25, -0.2) is 0 Å². The number of benzene rings is 1. The number of furan rings is 1. The molecule has 2 atom stereocenters. The summed E-state index contributed by atoms with van der Waals surface area (Å²) in [5, 5.41) is 5.52. The molecule has 1 aromatic heterocycles. The number of hydrogen-bond acceptors (Lipinski definition) is 3. The lowest BCUT2D eigenvalue weighted by atomic mass is 9.95. The molecule has 2 amide bonds. The Bertz CT molecular complexity index is 623. The van der Waals surface area contributed by atoms with Gasteiger partial charge in [0, 0.05) is 0 Å². The van der Waals surface area contributed by atoms with Crippen LogP contribution in [0.15, 0.2) is 53.1 Å². The molecule has 23 heavy (non-hydrogen) atoms. The highest BCUT2D eigenvalue weighted by molar-refractivity contribution is 5.90. The number of rotatable bonds is 7. The van der Waals surface area contributed by atoms with Crippen molar-refractivity contribution in [3.63, 3.8) is 0 Å². The van der Waals surface area contributed by atoms with Gasteiger partial charge in [0.1, 0.15) is 11.8 Å². The molecule has 2 aromatic rings. The van der Waals surface area contributed by atoms with Gasteiger partial charge >= 0.3 is 0 Å². The van der Waals surface area contributed by atoms with Crippen LogP contribution in [-0.2, 0) is 16.1 Å². The third-order valence-corrected chi connectivity index (χ3v) is 3.70. The van der Waals surface area contributed by atoms with Crippen LogP contribution in [0.25, 0.3) is 0 Å². The fourth-order valence-corrected chi connectivity index (χ4v) is 2.38. The maximum absolute atomic E-state index is 12.4. The zero-order chi connectivity index (χ0) is 16.7. The second kappa shape index (κ2) is 8.17. The van der Waals surface area contributed by atoms with E-state index in [9.17, 15) is 9.59 Å². The van der Waals surface area contributed by atoms with Gasteiger partial charge in [-0.2, -0.15) is 0 Å². The van der Waals surface area contributed by atoms with Crippen LogP contribution in [-0.4, -0.2) is 17.9 Å². The van der Waals surface area contributed by atoms with Crippen LogP contribution in [0.1, 0.15) is 37.5 Å². The minimum Gasteiger partial charge on any atom is -0.467 e. The van der Waals surface area contributed by atoms with Gasteiger partial charge in [0.15, 0.2) is 0 Å². The Morgan fingerprint density at radius 2 is 1.83 bits per heavy atom. The molecule has 0 saturated carbocycles. The van der Waals surface area contributed by atoms with Crippen LogP contribution in [0, 0.1) is 0 Å². The van der Waals surface area contributed by atoms with Gasteiger partial charge in [0.2, 0.25) is 11.8 Å². The van der Waals surface area contributed by atoms with Crippen LogP contribution in [0.2, 0.25) is 0 Å². The van der Waals surface area contributed by atoms with E-state index in [-0.39, 0.29) is 17.7 Å². The maximum Gasteiger partial charge on any atom is 0.242 e. The quantitative estimate of drug-likeness (QED) is 0.825. The molecular weight excluding hydrogens is 292 g/mol. The van der Waals surface area contributed by atoms with Crippen molar-refractivity contribution >= 4 is 11.8 Å². The van der Waals surface area contributed by atoms with Crippen LogP contribution in [0.3, 0.4) is 0 Å². The highest BCUT2D eigenvalue weighted by atomic mass is 16.3. The van der Waals surface area contributed by atoms with Crippen molar-refractivity contribution in [2.24, 2.45) is 0 Å². The SMILES string of the molecule is CC[C@H](C(=O)N[C@@H](C)C(=O)NCc1ccco1)c1ccccc1. The number of carbonyl (C=O) groups excluding carboxylic acids is 2. The highest BCUT2D eigenvalue weighted by Gasteiger charge is 2.22. The van der Waals surface area contributed by atoms with Gasteiger partial charge in [0.05, 0.1) is 18.7 Å². The Balaban J connectivity index is 1.88. The number of hydrogen-bond donors (Lipinski definition) is 2. The average molecular weight is 314 g/mol. The van der Waals surface area contributed by atoms with Crippen molar-refractivity contribution in [1.82, 2.24) is 10.6 Å². The lowest BCUT2D eigenvalue weighted by Crippen LogP contribution is -2.46. The highest BCUT2D eigenvalue weighted by Crippen LogP contribution is 2.19. The summed E-state index contributed by atoms with van der Waals surface area (Å²) in [6.07, 6.45) is 2.23. The fraction of sp³-hybridized carbons (Fsp3) is 0.333. The zero-order valence-electron chi connectivity index (χ0n) is 13.4. The van der Waals surface area contributed by atoms with E-state index in [0.717, 1.165) is 5.56 Å². The lowest BCUT2D eigenvalue weighted by Gasteiger charge is -2.19. The average Bonchev–Trinajstić information content (AvgIpc) is 3.07. The molecule has 0 radical (unpaired) electrons. The maximum atomic E-state index is 12.4. The first kappa shape index (κ1) is 16.8. The Morgan fingerprint density at radius 3 is 2.43 bits per heavy atom. The predicted octanol–water partition coefficient (Wildman–Crippen LogP) is 2.59. The fourth-order valence-electron chi connectivity index (χ4n) is 2.38. The minimum atomic E-state index is -0.602. The monoisotopic (exact) mass is 314 g/mol. The summed E-state index contributed by atoms with van der Waals surface area (Å²) in [7, 11) is 0. The lowest BCUT2D eigenvalue weighted by molar-refractivity contribution is -0.129. The van der Waals surface area contributed by atoms with Gasteiger partial charge in [-0.15, -0.1) is 0 Å². The van der Waals surface area contributed by atoms with Gasteiger partial charge < -0.3 is 15.1 Å². The molecule has 0 bridgehead atoms. The van der Waals surface area contributed by atoms with Crippen molar-refractivity contribution in [1.29, 1.82) is 0 Å². The Hall–Kier alpha value is -2.56. The van der Waals surface area contributed by atoms with E-state index in [2.05, 4.69) is 10.6 Å². The molecule has 0 fully saturated rings. The van der Waals surface area contributed by atoms with Crippen molar-refractivity contribution < 1.29 is 14.0 Å². The molecular formula is C18H22N2O3. The Kier molecular flexibility index (Phi) is 5.97. The first-order valence-electron chi connectivity index (χ1n) is 7.77. The summed E-state index contributed by atoms with van der Waals surface area (Å²) < 4.78 is 5.16. The molecule has 2 rings (SSSR count). The third-order valence-electron chi connectivity index (χ3n) is 3.70. The molecule has 1 aromatic carbocycles. The van der Waals surface area contributed by atoms with Crippen LogP contribution < -0.4 is 10.6 Å². The van der Waals surface area contributed by atoms with E-state index in [1.807, 2.05) is 37.3 Å². The summed E-state index contributed by atoms with van der Waals surface area (Å²) in [6, 6.07) is 12.5. The molecule has 0 saturated heterocycles. The second-order valence-electron chi connectivity index (χ2n) is 5.40. The van der Waals surface area contributed by atoms with E-state index < -0.39 is 6.04 Å².